The number of methoxy groups -OCH3 is 2. The number of rotatable bonds is 6. The molecule has 5 heteroatoms. The maximum atomic E-state index is 12.0. The smallest absolute Gasteiger partial charge is 0.243 e. The Morgan fingerprint density at radius 3 is 2.05 bits per heavy atom. The molecule has 0 aromatic heterocycles. The van der Waals surface area contributed by atoms with Gasteiger partial charge in [0.15, 0.2) is 0 Å². The van der Waals surface area contributed by atoms with Gasteiger partial charge in [-0.3, -0.25) is 4.79 Å². The normalized spacial score (nSPS) is 9.81. The van der Waals surface area contributed by atoms with Crippen molar-refractivity contribution in [2.45, 2.75) is 0 Å². The summed E-state index contributed by atoms with van der Waals surface area (Å²) in [6.45, 7) is 0.137. The van der Waals surface area contributed by atoms with Crippen LogP contribution in [-0.2, 0) is 4.79 Å². The highest BCUT2D eigenvalue weighted by Crippen LogP contribution is 2.24. The molecule has 0 spiro atoms. The molecule has 0 bridgehead atoms. The van der Waals surface area contributed by atoms with Crippen LogP contribution in [0.15, 0.2) is 48.5 Å². The molecule has 0 saturated carbocycles. The molecular formula is C16H18N2O3. The molecule has 2 N–H and O–H groups in total. The van der Waals surface area contributed by atoms with Crippen LogP contribution >= 0.6 is 0 Å². The van der Waals surface area contributed by atoms with Gasteiger partial charge in [-0.25, -0.2) is 0 Å². The van der Waals surface area contributed by atoms with Crippen molar-refractivity contribution in [3.8, 4) is 11.5 Å². The second-order valence-corrected chi connectivity index (χ2v) is 4.30. The van der Waals surface area contributed by atoms with Crippen LogP contribution < -0.4 is 20.1 Å². The molecule has 2 aromatic rings. The highest BCUT2D eigenvalue weighted by atomic mass is 16.5. The first-order valence-corrected chi connectivity index (χ1v) is 6.54. The van der Waals surface area contributed by atoms with Crippen LogP contribution in [0.25, 0.3) is 0 Å². The van der Waals surface area contributed by atoms with E-state index in [1.807, 2.05) is 36.4 Å². The summed E-state index contributed by atoms with van der Waals surface area (Å²) >= 11 is 0. The van der Waals surface area contributed by atoms with Gasteiger partial charge in [-0.05, 0) is 24.3 Å². The van der Waals surface area contributed by atoms with E-state index in [1.165, 1.54) is 0 Å². The second-order valence-electron chi connectivity index (χ2n) is 4.30. The molecular weight excluding hydrogens is 268 g/mol. The van der Waals surface area contributed by atoms with Crippen LogP contribution in [-0.4, -0.2) is 26.7 Å². The van der Waals surface area contributed by atoms with Crippen molar-refractivity contribution in [1.82, 2.24) is 0 Å². The number of ether oxygens (including phenoxy) is 2. The molecule has 1 amide bonds. The van der Waals surface area contributed by atoms with E-state index in [-0.39, 0.29) is 12.5 Å². The van der Waals surface area contributed by atoms with Crippen molar-refractivity contribution >= 4 is 17.3 Å². The fraction of sp³-hybridized carbons (Fsp3) is 0.188. The molecule has 0 radical (unpaired) electrons. The number of benzene rings is 2. The lowest BCUT2D eigenvalue weighted by atomic mass is 10.3. The Bertz CT molecular complexity index is 614. The fourth-order valence-electron chi connectivity index (χ4n) is 1.91. The Balaban J connectivity index is 1.96. The van der Waals surface area contributed by atoms with Crippen molar-refractivity contribution in [2.24, 2.45) is 0 Å². The molecule has 110 valence electrons. The minimum atomic E-state index is -0.162. The van der Waals surface area contributed by atoms with Gasteiger partial charge in [0, 0.05) is 0 Å². The monoisotopic (exact) mass is 286 g/mol. The third-order valence-corrected chi connectivity index (χ3v) is 2.93. The van der Waals surface area contributed by atoms with Crippen LogP contribution in [0.5, 0.6) is 11.5 Å². The van der Waals surface area contributed by atoms with Crippen molar-refractivity contribution in [1.29, 1.82) is 0 Å². The lowest BCUT2D eigenvalue weighted by Crippen LogP contribution is -2.22. The SMILES string of the molecule is COc1ccccc1NCC(=O)Nc1ccccc1OC. The predicted octanol–water partition coefficient (Wildman–Crippen LogP) is 2.75. The Hall–Kier alpha value is -2.69. The molecule has 5 nitrogen and oxygen atoms in total. The average molecular weight is 286 g/mol. The van der Waals surface area contributed by atoms with E-state index in [0.717, 1.165) is 5.69 Å². The van der Waals surface area contributed by atoms with Crippen molar-refractivity contribution in [3.05, 3.63) is 48.5 Å². The Morgan fingerprint density at radius 1 is 0.905 bits per heavy atom. The molecule has 0 aliphatic rings. The highest BCUT2D eigenvalue weighted by Gasteiger charge is 2.08. The lowest BCUT2D eigenvalue weighted by molar-refractivity contribution is -0.114. The number of hydrogen-bond acceptors (Lipinski definition) is 4. The number of amides is 1. The maximum Gasteiger partial charge on any atom is 0.243 e. The molecule has 21 heavy (non-hydrogen) atoms. The van der Waals surface area contributed by atoms with Crippen LogP contribution in [0.2, 0.25) is 0 Å². The van der Waals surface area contributed by atoms with Gasteiger partial charge in [0.2, 0.25) is 5.91 Å². The van der Waals surface area contributed by atoms with Gasteiger partial charge in [-0.15, -0.1) is 0 Å². The first-order chi connectivity index (χ1) is 10.2. The Kier molecular flexibility index (Phi) is 5.04. The van der Waals surface area contributed by atoms with E-state index in [9.17, 15) is 4.79 Å². The summed E-state index contributed by atoms with van der Waals surface area (Å²) in [5.74, 6) is 1.16. The minimum absolute atomic E-state index is 0.137. The summed E-state index contributed by atoms with van der Waals surface area (Å²) in [5.41, 5.74) is 1.42. The summed E-state index contributed by atoms with van der Waals surface area (Å²) in [6, 6.07) is 14.7. The summed E-state index contributed by atoms with van der Waals surface area (Å²) in [6.07, 6.45) is 0. The van der Waals surface area contributed by atoms with Gasteiger partial charge in [0.05, 0.1) is 32.1 Å². The molecule has 0 heterocycles. The van der Waals surface area contributed by atoms with Gasteiger partial charge in [0.25, 0.3) is 0 Å². The molecule has 2 rings (SSSR count). The van der Waals surface area contributed by atoms with E-state index < -0.39 is 0 Å². The van der Waals surface area contributed by atoms with Crippen molar-refractivity contribution < 1.29 is 14.3 Å². The zero-order valence-electron chi connectivity index (χ0n) is 12.1. The van der Waals surface area contributed by atoms with E-state index in [0.29, 0.717) is 17.2 Å². The molecule has 0 unspecified atom stereocenters. The van der Waals surface area contributed by atoms with E-state index in [1.54, 1.807) is 26.4 Å². The van der Waals surface area contributed by atoms with Crippen molar-refractivity contribution in [2.75, 3.05) is 31.4 Å². The van der Waals surface area contributed by atoms with E-state index in [4.69, 9.17) is 9.47 Å². The molecule has 0 atom stereocenters. The quantitative estimate of drug-likeness (QED) is 0.857. The lowest BCUT2D eigenvalue weighted by Gasteiger charge is -2.12. The zero-order valence-corrected chi connectivity index (χ0v) is 12.1. The molecule has 0 fully saturated rings. The summed E-state index contributed by atoms with van der Waals surface area (Å²) in [7, 11) is 3.16. The third-order valence-electron chi connectivity index (χ3n) is 2.93. The zero-order chi connectivity index (χ0) is 15.1. The largest absolute Gasteiger partial charge is 0.495 e. The number of anilines is 2. The van der Waals surface area contributed by atoms with Gasteiger partial charge in [-0.1, -0.05) is 24.3 Å². The maximum absolute atomic E-state index is 12.0. The van der Waals surface area contributed by atoms with E-state index in [2.05, 4.69) is 10.6 Å². The van der Waals surface area contributed by atoms with Crippen LogP contribution in [0.4, 0.5) is 11.4 Å². The number of para-hydroxylation sites is 4. The second kappa shape index (κ2) is 7.19. The standard InChI is InChI=1S/C16H18N2O3/c1-20-14-9-5-3-7-12(14)17-11-16(19)18-13-8-4-6-10-15(13)21-2/h3-10,17H,11H2,1-2H3,(H,18,19). The van der Waals surface area contributed by atoms with Crippen LogP contribution in [0.3, 0.4) is 0 Å². The minimum Gasteiger partial charge on any atom is -0.495 e. The molecule has 2 aromatic carbocycles. The molecule has 0 aliphatic heterocycles. The number of carbonyl (C=O) groups excluding carboxylic acids is 1. The van der Waals surface area contributed by atoms with Gasteiger partial charge >= 0.3 is 0 Å². The van der Waals surface area contributed by atoms with Gasteiger partial charge < -0.3 is 20.1 Å². The fourth-order valence-corrected chi connectivity index (χ4v) is 1.91. The topological polar surface area (TPSA) is 59.6 Å². The van der Waals surface area contributed by atoms with Crippen molar-refractivity contribution in [3.63, 3.8) is 0 Å². The first-order valence-electron chi connectivity index (χ1n) is 6.54. The predicted molar refractivity (Wildman–Crippen MR) is 83.1 cm³/mol. The molecule has 0 saturated heterocycles. The van der Waals surface area contributed by atoms with Crippen LogP contribution in [0, 0.1) is 0 Å². The van der Waals surface area contributed by atoms with E-state index >= 15 is 0 Å². The summed E-state index contributed by atoms with van der Waals surface area (Å²) < 4.78 is 10.4. The first kappa shape index (κ1) is 14.7. The molecule has 0 aliphatic carbocycles. The van der Waals surface area contributed by atoms with Crippen LogP contribution in [0.1, 0.15) is 0 Å². The average Bonchev–Trinajstić information content (AvgIpc) is 2.53. The Labute approximate surface area is 123 Å². The number of nitrogens with one attached hydrogen (secondary N) is 2. The summed E-state index contributed by atoms with van der Waals surface area (Å²) in [4.78, 5) is 12.0. The number of carbonyl (C=O) groups is 1. The highest BCUT2D eigenvalue weighted by molar-refractivity contribution is 5.95. The third kappa shape index (κ3) is 3.89. The summed E-state index contributed by atoms with van der Waals surface area (Å²) in [5, 5.41) is 5.85. The van der Waals surface area contributed by atoms with Gasteiger partial charge in [-0.2, -0.15) is 0 Å². The Morgan fingerprint density at radius 2 is 1.43 bits per heavy atom. The van der Waals surface area contributed by atoms with Gasteiger partial charge in [0.1, 0.15) is 11.5 Å². The number of hydrogen-bond donors (Lipinski definition) is 2.